The van der Waals surface area contributed by atoms with Gasteiger partial charge in [-0.15, -0.1) is 0 Å². The number of hydrogen-bond acceptors (Lipinski definition) is 4. The molecular formula is C28H27BrN4O4. The fourth-order valence-corrected chi connectivity index (χ4v) is 4.24. The molecule has 0 radical (unpaired) electrons. The maximum absolute atomic E-state index is 13.3. The molecule has 1 heterocycles. The zero-order valence-corrected chi connectivity index (χ0v) is 22.3. The maximum atomic E-state index is 13.3. The monoisotopic (exact) mass is 562 g/mol. The largest absolute Gasteiger partial charge is 0.494 e. The number of para-hydroxylation sites is 1. The second kappa shape index (κ2) is 11.3. The van der Waals surface area contributed by atoms with Crippen LogP contribution in [-0.2, 0) is 9.59 Å². The molecule has 0 spiro atoms. The summed E-state index contributed by atoms with van der Waals surface area (Å²) >= 11 is 3.44. The Morgan fingerprint density at radius 3 is 2.27 bits per heavy atom. The van der Waals surface area contributed by atoms with Crippen LogP contribution in [0.2, 0.25) is 0 Å². The number of rotatable bonds is 7. The molecule has 37 heavy (non-hydrogen) atoms. The average molecular weight is 563 g/mol. The number of ether oxygens (including phenoxy) is 1. The van der Waals surface area contributed by atoms with Crippen molar-refractivity contribution in [1.82, 2.24) is 4.68 Å². The summed E-state index contributed by atoms with van der Waals surface area (Å²) < 4.78 is 7.68. The lowest BCUT2D eigenvalue weighted by atomic mass is 10.1. The van der Waals surface area contributed by atoms with Crippen LogP contribution in [0.5, 0.6) is 5.75 Å². The molecule has 4 rings (SSSR count). The molecule has 190 valence electrons. The Morgan fingerprint density at radius 2 is 1.59 bits per heavy atom. The summed E-state index contributed by atoms with van der Waals surface area (Å²) in [5, 5.41) is 6.22. The number of nitrogens with zero attached hydrogens (tertiary/aromatic N) is 1. The maximum Gasteiger partial charge on any atom is 0.328 e. The molecule has 0 unspecified atom stereocenters. The predicted octanol–water partition coefficient (Wildman–Crippen LogP) is 5.77. The minimum absolute atomic E-state index is 0.175. The van der Waals surface area contributed by atoms with Gasteiger partial charge in [-0.05, 0) is 79.9 Å². The van der Waals surface area contributed by atoms with E-state index in [1.807, 2.05) is 45.0 Å². The number of nitrogens with one attached hydrogen (secondary N) is 3. The van der Waals surface area contributed by atoms with Gasteiger partial charge in [-0.1, -0.05) is 41.1 Å². The van der Waals surface area contributed by atoms with Gasteiger partial charge in [0, 0.05) is 21.2 Å². The number of carbonyl (C=O) groups is 3. The fourth-order valence-electron chi connectivity index (χ4n) is 3.86. The molecule has 0 atom stereocenters. The first-order valence-corrected chi connectivity index (χ1v) is 12.6. The van der Waals surface area contributed by atoms with E-state index < -0.39 is 17.7 Å². The van der Waals surface area contributed by atoms with E-state index in [1.54, 1.807) is 42.5 Å². The zero-order chi connectivity index (χ0) is 26.5. The molecule has 3 N–H and O–H groups in total. The lowest BCUT2D eigenvalue weighted by Gasteiger charge is -2.15. The molecule has 0 aliphatic rings. The highest BCUT2D eigenvalue weighted by molar-refractivity contribution is 9.10. The number of benzene rings is 3. The highest BCUT2D eigenvalue weighted by Gasteiger charge is 2.22. The van der Waals surface area contributed by atoms with Crippen LogP contribution in [0.1, 0.15) is 35.0 Å². The van der Waals surface area contributed by atoms with Crippen LogP contribution in [0.25, 0.3) is 10.9 Å². The Kier molecular flexibility index (Phi) is 7.93. The third-order valence-corrected chi connectivity index (χ3v) is 6.21. The number of fused-ring (bicyclic) bond motifs is 1. The summed E-state index contributed by atoms with van der Waals surface area (Å²) in [4.78, 5) is 38.9. The average Bonchev–Trinajstić information content (AvgIpc) is 3.23. The second-order valence-corrected chi connectivity index (χ2v) is 9.47. The number of anilines is 2. The topological polar surface area (TPSA) is 101 Å². The van der Waals surface area contributed by atoms with Crippen molar-refractivity contribution in [3.8, 4) is 5.75 Å². The van der Waals surface area contributed by atoms with Crippen LogP contribution in [-0.4, -0.2) is 29.0 Å². The van der Waals surface area contributed by atoms with Crippen molar-refractivity contribution >= 4 is 55.9 Å². The van der Waals surface area contributed by atoms with E-state index in [-0.39, 0.29) is 5.69 Å². The number of hydrogen-bond donors (Lipinski definition) is 3. The van der Waals surface area contributed by atoms with Crippen LogP contribution in [0.4, 0.5) is 11.4 Å². The molecule has 0 saturated heterocycles. The number of amides is 3. The molecule has 0 saturated carbocycles. The zero-order valence-electron chi connectivity index (χ0n) is 20.7. The summed E-state index contributed by atoms with van der Waals surface area (Å²) in [7, 11) is 0. The van der Waals surface area contributed by atoms with Crippen LogP contribution < -0.4 is 20.8 Å². The van der Waals surface area contributed by atoms with Gasteiger partial charge in [0.15, 0.2) is 0 Å². The van der Waals surface area contributed by atoms with Crippen molar-refractivity contribution in [1.29, 1.82) is 0 Å². The van der Waals surface area contributed by atoms with Gasteiger partial charge in [-0.2, -0.15) is 0 Å². The van der Waals surface area contributed by atoms with E-state index >= 15 is 0 Å². The molecule has 3 aromatic carbocycles. The number of carbonyl (C=O) groups excluding carboxylic acids is 3. The quantitative estimate of drug-likeness (QED) is 0.249. The Labute approximate surface area is 223 Å². The van der Waals surface area contributed by atoms with Crippen LogP contribution in [0.3, 0.4) is 0 Å². The van der Waals surface area contributed by atoms with Gasteiger partial charge in [0.05, 0.1) is 12.1 Å². The van der Waals surface area contributed by atoms with Gasteiger partial charge in [0.2, 0.25) is 0 Å². The molecule has 8 nitrogen and oxygen atoms in total. The van der Waals surface area contributed by atoms with E-state index in [2.05, 4.69) is 32.0 Å². The van der Waals surface area contributed by atoms with E-state index in [9.17, 15) is 14.4 Å². The van der Waals surface area contributed by atoms with Gasteiger partial charge in [-0.25, -0.2) is 4.68 Å². The molecule has 0 fully saturated rings. The first-order chi connectivity index (χ1) is 17.8. The Morgan fingerprint density at radius 1 is 0.892 bits per heavy atom. The molecule has 0 aliphatic heterocycles. The minimum Gasteiger partial charge on any atom is -0.494 e. The minimum atomic E-state index is -0.923. The van der Waals surface area contributed by atoms with E-state index in [4.69, 9.17) is 4.74 Å². The lowest BCUT2D eigenvalue weighted by Crippen LogP contribution is -2.36. The molecule has 0 aliphatic carbocycles. The second-order valence-electron chi connectivity index (χ2n) is 8.56. The van der Waals surface area contributed by atoms with E-state index in [0.717, 1.165) is 22.0 Å². The van der Waals surface area contributed by atoms with Gasteiger partial charge in [-0.3, -0.25) is 19.8 Å². The van der Waals surface area contributed by atoms with Crippen molar-refractivity contribution in [3.63, 3.8) is 0 Å². The number of halogens is 1. The van der Waals surface area contributed by atoms with Crippen molar-refractivity contribution < 1.29 is 19.1 Å². The van der Waals surface area contributed by atoms with Crippen molar-refractivity contribution in [3.05, 3.63) is 88.0 Å². The number of aromatic nitrogens is 1. The first kappa shape index (κ1) is 26.0. The van der Waals surface area contributed by atoms with Crippen LogP contribution in [0, 0.1) is 13.8 Å². The highest BCUT2D eigenvalue weighted by Crippen LogP contribution is 2.25. The summed E-state index contributed by atoms with van der Waals surface area (Å²) in [6.07, 6.45) is 0.883. The normalized spacial score (nSPS) is 10.7. The molecule has 1 aromatic heterocycles. The highest BCUT2D eigenvalue weighted by atomic mass is 79.9. The third kappa shape index (κ3) is 6.00. The van der Waals surface area contributed by atoms with Crippen LogP contribution >= 0.6 is 15.9 Å². The standard InChI is InChI=1S/C28H27BrN4O4/c1-4-14-37-22-11-9-21(10-12-22)30-27(35)28(36)32-33-23-13-8-20(29)15-19(23)16-24(33)26(34)31-25-17(2)6-5-7-18(25)3/h5-13,15-16H,4,14H2,1-3H3,(H,30,35)(H,31,34)(H,32,36). The molecule has 3 amide bonds. The van der Waals surface area contributed by atoms with E-state index in [0.29, 0.717) is 34.6 Å². The smallest absolute Gasteiger partial charge is 0.328 e. The molecule has 0 bridgehead atoms. The van der Waals surface area contributed by atoms with Gasteiger partial charge < -0.3 is 15.4 Å². The number of aryl methyl sites for hydroxylation is 2. The Hall–Kier alpha value is -4.11. The van der Waals surface area contributed by atoms with Crippen molar-refractivity contribution in [2.75, 3.05) is 22.7 Å². The molecule has 4 aromatic rings. The Balaban J connectivity index is 1.57. The SMILES string of the molecule is CCCOc1ccc(NC(=O)C(=O)Nn2c(C(=O)Nc3c(C)cccc3C)cc3cc(Br)ccc32)cc1. The van der Waals surface area contributed by atoms with E-state index in [1.165, 1.54) is 4.68 Å². The van der Waals surface area contributed by atoms with Crippen molar-refractivity contribution in [2.45, 2.75) is 27.2 Å². The summed E-state index contributed by atoms with van der Waals surface area (Å²) in [5.41, 5.74) is 6.27. The fraction of sp³-hybridized carbons (Fsp3) is 0.179. The van der Waals surface area contributed by atoms with Gasteiger partial charge in [0.25, 0.3) is 5.91 Å². The Bertz CT molecular complexity index is 1460. The lowest BCUT2D eigenvalue weighted by molar-refractivity contribution is -0.133. The van der Waals surface area contributed by atoms with Crippen molar-refractivity contribution in [2.24, 2.45) is 0 Å². The molecular weight excluding hydrogens is 536 g/mol. The van der Waals surface area contributed by atoms with Gasteiger partial charge >= 0.3 is 11.8 Å². The van der Waals surface area contributed by atoms with Gasteiger partial charge in [0.1, 0.15) is 11.4 Å². The predicted molar refractivity (Wildman–Crippen MR) is 149 cm³/mol. The summed E-state index contributed by atoms with van der Waals surface area (Å²) in [6, 6.07) is 19.5. The summed E-state index contributed by atoms with van der Waals surface area (Å²) in [5.74, 6) is -1.54. The summed E-state index contributed by atoms with van der Waals surface area (Å²) in [6.45, 7) is 6.42. The molecule has 9 heteroatoms. The first-order valence-electron chi connectivity index (χ1n) is 11.8. The third-order valence-electron chi connectivity index (χ3n) is 5.72. The van der Waals surface area contributed by atoms with Crippen LogP contribution in [0.15, 0.2) is 71.2 Å².